The molecule has 1 aromatic carbocycles. The van der Waals surface area contributed by atoms with Crippen LogP contribution in [0.5, 0.6) is 0 Å². The zero-order valence-corrected chi connectivity index (χ0v) is 16.3. The van der Waals surface area contributed by atoms with Crippen LogP contribution in [0.1, 0.15) is 28.1 Å². The molecule has 0 saturated carbocycles. The van der Waals surface area contributed by atoms with E-state index < -0.39 is 11.8 Å². The zero-order chi connectivity index (χ0) is 19.2. The summed E-state index contributed by atoms with van der Waals surface area (Å²) in [5, 5.41) is 2.66. The van der Waals surface area contributed by atoms with Crippen LogP contribution in [0, 0.1) is 27.7 Å². The van der Waals surface area contributed by atoms with Crippen LogP contribution in [0.2, 0.25) is 0 Å². The van der Waals surface area contributed by atoms with E-state index >= 15 is 0 Å². The Morgan fingerprint density at radius 3 is 2.50 bits per heavy atom. The maximum absolute atomic E-state index is 12.4. The van der Waals surface area contributed by atoms with Crippen molar-refractivity contribution in [1.29, 1.82) is 0 Å². The molecule has 6 heteroatoms. The number of carbonyl (C=O) groups excluding carboxylic acids is 2. The molecule has 1 N–H and O–H groups in total. The molecular weight excluding hydrogens is 346 g/mol. The first-order valence-corrected chi connectivity index (χ1v) is 8.73. The maximum Gasteiger partial charge on any atom is 0.265 e. The minimum atomic E-state index is -0.463. The van der Waals surface area contributed by atoms with E-state index in [1.807, 2.05) is 26.0 Å². The van der Waals surface area contributed by atoms with Crippen molar-refractivity contribution in [3.05, 3.63) is 57.9 Å². The van der Waals surface area contributed by atoms with Crippen LogP contribution in [-0.4, -0.2) is 33.4 Å². The highest BCUT2D eigenvalue weighted by Gasteiger charge is 2.31. The van der Waals surface area contributed by atoms with Gasteiger partial charge < -0.3 is 4.57 Å². The lowest BCUT2D eigenvalue weighted by molar-refractivity contribution is -0.128. The van der Waals surface area contributed by atoms with E-state index in [4.69, 9.17) is 12.2 Å². The molecule has 2 heterocycles. The lowest BCUT2D eigenvalue weighted by Gasteiger charge is -2.25. The van der Waals surface area contributed by atoms with Crippen LogP contribution in [0.3, 0.4) is 0 Å². The highest BCUT2D eigenvalue weighted by molar-refractivity contribution is 7.80. The molecule has 2 amide bonds. The van der Waals surface area contributed by atoms with E-state index in [1.54, 1.807) is 13.1 Å². The largest absolute Gasteiger partial charge is 0.318 e. The normalized spacial score (nSPS) is 16.4. The summed E-state index contributed by atoms with van der Waals surface area (Å²) >= 11 is 4.98. The van der Waals surface area contributed by atoms with Gasteiger partial charge in [0, 0.05) is 24.1 Å². The zero-order valence-electron chi connectivity index (χ0n) is 15.5. The molecule has 3 rings (SSSR count). The van der Waals surface area contributed by atoms with Crippen molar-refractivity contribution in [3.63, 3.8) is 0 Å². The smallest absolute Gasteiger partial charge is 0.265 e. The van der Waals surface area contributed by atoms with Crippen LogP contribution >= 0.6 is 12.2 Å². The van der Waals surface area contributed by atoms with Crippen molar-refractivity contribution >= 4 is 35.2 Å². The van der Waals surface area contributed by atoms with Crippen molar-refractivity contribution in [2.45, 2.75) is 27.7 Å². The molecule has 0 bridgehead atoms. The Morgan fingerprint density at radius 2 is 1.81 bits per heavy atom. The Labute approximate surface area is 158 Å². The maximum atomic E-state index is 12.4. The summed E-state index contributed by atoms with van der Waals surface area (Å²) < 4.78 is 2.15. The molecule has 1 fully saturated rings. The number of aryl methyl sites for hydroxylation is 2. The molecule has 1 aromatic heterocycles. The Hall–Kier alpha value is -2.73. The van der Waals surface area contributed by atoms with Gasteiger partial charge in [0.1, 0.15) is 5.57 Å². The number of amides is 2. The number of carbonyl (C=O) groups is 2. The number of nitrogens with zero attached hydrogens (tertiary/aromatic N) is 2. The third-order valence-corrected chi connectivity index (χ3v) is 5.27. The molecule has 0 aliphatic carbocycles. The molecule has 0 spiro atoms. The van der Waals surface area contributed by atoms with Crippen molar-refractivity contribution < 1.29 is 9.59 Å². The SMILES string of the molecule is Cc1cccc(-n2c(C)cc(/C=C3\C(=O)NC(=S)N(C)C3=O)c2C)c1C. The quantitative estimate of drug-likeness (QED) is 0.504. The molecule has 2 aromatic rings. The van der Waals surface area contributed by atoms with Gasteiger partial charge in [0.05, 0.1) is 0 Å². The molecule has 1 aliphatic rings. The molecule has 26 heavy (non-hydrogen) atoms. The van der Waals surface area contributed by atoms with Crippen LogP contribution in [0.15, 0.2) is 29.8 Å². The summed E-state index contributed by atoms with van der Waals surface area (Å²) in [4.78, 5) is 25.9. The Bertz CT molecular complexity index is 985. The highest BCUT2D eigenvalue weighted by Crippen LogP contribution is 2.26. The number of benzene rings is 1. The Balaban J connectivity index is 2.12. The van der Waals surface area contributed by atoms with Crippen molar-refractivity contribution in [1.82, 2.24) is 14.8 Å². The summed E-state index contributed by atoms with van der Waals surface area (Å²) in [5.74, 6) is -0.857. The molecule has 0 atom stereocenters. The first-order chi connectivity index (χ1) is 12.2. The van der Waals surface area contributed by atoms with E-state index in [2.05, 4.69) is 35.9 Å². The molecular formula is C20H21N3O2S. The van der Waals surface area contributed by atoms with Gasteiger partial charge in [0.2, 0.25) is 0 Å². The molecule has 0 radical (unpaired) electrons. The van der Waals surface area contributed by atoms with Crippen LogP contribution in [0.4, 0.5) is 0 Å². The van der Waals surface area contributed by atoms with Gasteiger partial charge in [-0.3, -0.25) is 19.8 Å². The predicted molar refractivity (Wildman–Crippen MR) is 106 cm³/mol. The number of likely N-dealkylation sites (N-methyl/N-ethyl adjacent to an activating group) is 1. The first-order valence-electron chi connectivity index (χ1n) is 8.33. The fraction of sp³-hybridized carbons (Fsp3) is 0.250. The van der Waals surface area contributed by atoms with Crippen molar-refractivity contribution in [3.8, 4) is 5.69 Å². The number of thiocarbonyl (C=S) groups is 1. The number of hydrogen-bond donors (Lipinski definition) is 1. The van der Waals surface area contributed by atoms with Gasteiger partial charge >= 0.3 is 0 Å². The van der Waals surface area contributed by atoms with E-state index in [0.29, 0.717) is 0 Å². The molecule has 1 saturated heterocycles. The number of rotatable bonds is 2. The lowest BCUT2D eigenvalue weighted by Crippen LogP contribution is -2.52. The van der Waals surface area contributed by atoms with Crippen LogP contribution in [0.25, 0.3) is 11.8 Å². The minimum Gasteiger partial charge on any atom is -0.318 e. The molecule has 0 unspecified atom stereocenters. The van der Waals surface area contributed by atoms with E-state index in [1.165, 1.54) is 16.0 Å². The summed E-state index contributed by atoms with van der Waals surface area (Å²) in [6.07, 6.45) is 1.64. The first kappa shape index (κ1) is 18.1. The summed E-state index contributed by atoms with van der Waals surface area (Å²) in [6, 6.07) is 8.17. The van der Waals surface area contributed by atoms with Gasteiger partial charge in [-0.15, -0.1) is 0 Å². The van der Waals surface area contributed by atoms with Gasteiger partial charge in [-0.1, -0.05) is 12.1 Å². The number of hydrogen-bond acceptors (Lipinski definition) is 3. The molecule has 5 nitrogen and oxygen atoms in total. The predicted octanol–water partition coefficient (Wildman–Crippen LogP) is 2.97. The third-order valence-electron chi connectivity index (χ3n) is 4.89. The van der Waals surface area contributed by atoms with E-state index in [9.17, 15) is 9.59 Å². The second-order valence-electron chi connectivity index (χ2n) is 6.56. The van der Waals surface area contributed by atoms with Crippen molar-refractivity contribution in [2.75, 3.05) is 7.05 Å². The van der Waals surface area contributed by atoms with Gasteiger partial charge in [0.15, 0.2) is 5.11 Å². The Morgan fingerprint density at radius 1 is 1.12 bits per heavy atom. The second kappa shape index (κ2) is 6.53. The average molecular weight is 367 g/mol. The second-order valence-corrected chi connectivity index (χ2v) is 6.95. The summed E-state index contributed by atoms with van der Waals surface area (Å²) in [6.45, 7) is 8.18. The van der Waals surface area contributed by atoms with Crippen LogP contribution < -0.4 is 5.32 Å². The van der Waals surface area contributed by atoms with Gasteiger partial charge in [0.25, 0.3) is 11.8 Å². The van der Waals surface area contributed by atoms with E-state index in [-0.39, 0.29) is 10.7 Å². The van der Waals surface area contributed by atoms with Gasteiger partial charge in [-0.25, -0.2) is 0 Å². The number of nitrogens with one attached hydrogen (secondary N) is 1. The Kier molecular flexibility index (Phi) is 4.54. The minimum absolute atomic E-state index is 0.0855. The van der Waals surface area contributed by atoms with E-state index in [0.717, 1.165) is 22.6 Å². The summed E-state index contributed by atoms with van der Waals surface area (Å²) in [5.41, 5.74) is 6.44. The third kappa shape index (κ3) is 2.86. The fourth-order valence-electron chi connectivity index (χ4n) is 3.18. The topological polar surface area (TPSA) is 54.3 Å². The highest BCUT2D eigenvalue weighted by atomic mass is 32.1. The monoisotopic (exact) mass is 367 g/mol. The average Bonchev–Trinajstić information content (AvgIpc) is 2.86. The van der Waals surface area contributed by atoms with Crippen molar-refractivity contribution in [2.24, 2.45) is 0 Å². The van der Waals surface area contributed by atoms with Crippen LogP contribution in [-0.2, 0) is 9.59 Å². The van der Waals surface area contributed by atoms with Gasteiger partial charge in [-0.05, 0) is 74.8 Å². The number of aromatic nitrogens is 1. The summed E-state index contributed by atoms with van der Waals surface area (Å²) in [7, 11) is 1.55. The molecule has 1 aliphatic heterocycles. The lowest BCUT2D eigenvalue weighted by atomic mass is 10.1. The van der Waals surface area contributed by atoms with Gasteiger partial charge in [-0.2, -0.15) is 0 Å². The molecule has 134 valence electrons. The fourth-order valence-corrected chi connectivity index (χ4v) is 3.36. The standard InChI is InChI=1S/C20H21N3O2S/c1-11-7-6-8-17(13(11)3)23-12(2)9-15(14(23)4)10-16-18(24)21-20(26)22(5)19(16)25/h6-10H,1-5H3,(H,21,24,26)/b16-10+.